The molecule has 0 radical (unpaired) electrons. The summed E-state index contributed by atoms with van der Waals surface area (Å²) in [7, 11) is 1.61. The van der Waals surface area contributed by atoms with Crippen LogP contribution in [0.15, 0.2) is 18.2 Å². The van der Waals surface area contributed by atoms with Gasteiger partial charge in [-0.3, -0.25) is 0 Å². The quantitative estimate of drug-likeness (QED) is 0.826. The summed E-state index contributed by atoms with van der Waals surface area (Å²) < 4.78 is 24.0. The fourth-order valence-electron chi connectivity index (χ4n) is 1.86. The standard InChI is InChI=1S/C14H18FNO2/c1-9(2)12-8-11-13(16-12)6-10(15)7-14(11)18-5-4-17-3/h6-9,16H,4-5H2,1-3H3. The third kappa shape index (κ3) is 2.64. The molecular formula is C14H18FNO2. The SMILES string of the molecule is COCCOc1cc(F)cc2[nH]c(C(C)C)cc12. The van der Waals surface area contributed by atoms with Gasteiger partial charge in [-0.2, -0.15) is 0 Å². The minimum atomic E-state index is -0.299. The van der Waals surface area contributed by atoms with Gasteiger partial charge in [0.1, 0.15) is 18.2 Å². The number of halogens is 1. The molecule has 0 aliphatic heterocycles. The third-order valence-electron chi connectivity index (χ3n) is 2.85. The zero-order valence-electron chi connectivity index (χ0n) is 10.9. The first kappa shape index (κ1) is 12.9. The Kier molecular flexibility index (Phi) is 3.87. The molecule has 1 aromatic heterocycles. The number of fused-ring (bicyclic) bond motifs is 1. The number of H-pyrrole nitrogens is 1. The zero-order valence-corrected chi connectivity index (χ0v) is 10.9. The molecule has 0 aliphatic rings. The van der Waals surface area contributed by atoms with Gasteiger partial charge in [0.2, 0.25) is 0 Å². The highest BCUT2D eigenvalue weighted by atomic mass is 19.1. The fourth-order valence-corrected chi connectivity index (χ4v) is 1.86. The van der Waals surface area contributed by atoms with Crippen LogP contribution in [0.25, 0.3) is 10.9 Å². The van der Waals surface area contributed by atoms with E-state index in [4.69, 9.17) is 9.47 Å². The van der Waals surface area contributed by atoms with Gasteiger partial charge in [-0.05, 0) is 18.1 Å². The lowest BCUT2D eigenvalue weighted by atomic mass is 10.1. The Morgan fingerprint density at radius 1 is 1.22 bits per heavy atom. The van der Waals surface area contributed by atoms with Crippen LogP contribution in [-0.4, -0.2) is 25.3 Å². The van der Waals surface area contributed by atoms with Crippen LogP contribution in [0.2, 0.25) is 0 Å². The number of benzene rings is 1. The Morgan fingerprint density at radius 3 is 2.67 bits per heavy atom. The molecule has 1 N–H and O–H groups in total. The monoisotopic (exact) mass is 251 g/mol. The lowest BCUT2D eigenvalue weighted by Gasteiger charge is -2.06. The summed E-state index contributed by atoms with van der Waals surface area (Å²) in [6.45, 7) is 5.08. The topological polar surface area (TPSA) is 34.2 Å². The largest absolute Gasteiger partial charge is 0.490 e. The lowest BCUT2D eigenvalue weighted by molar-refractivity contribution is 0.147. The van der Waals surface area contributed by atoms with Gasteiger partial charge in [0, 0.05) is 24.3 Å². The maximum Gasteiger partial charge on any atom is 0.131 e. The summed E-state index contributed by atoms with van der Waals surface area (Å²) in [5, 5.41) is 0.913. The van der Waals surface area contributed by atoms with Gasteiger partial charge in [-0.15, -0.1) is 0 Å². The molecule has 0 atom stereocenters. The Labute approximate surface area is 106 Å². The summed E-state index contributed by atoms with van der Waals surface area (Å²) in [4.78, 5) is 3.22. The van der Waals surface area contributed by atoms with Crippen LogP contribution in [-0.2, 0) is 4.74 Å². The normalized spacial score (nSPS) is 11.4. The van der Waals surface area contributed by atoms with Gasteiger partial charge >= 0.3 is 0 Å². The smallest absolute Gasteiger partial charge is 0.131 e. The highest BCUT2D eigenvalue weighted by Crippen LogP contribution is 2.30. The molecule has 1 heterocycles. The lowest BCUT2D eigenvalue weighted by Crippen LogP contribution is -2.04. The van der Waals surface area contributed by atoms with Gasteiger partial charge in [-0.25, -0.2) is 4.39 Å². The van der Waals surface area contributed by atoms with Gasteiger partial charge in [0.25, 0.3) is 0 Å². The molecule has 0 saturated carbocycles. The second kappa shape index (κ2) is 5.40. The number of aromatic amines is 1. The number of hydrogen-bond acceptors (Lipinski definition) is 2. The molecule has 0 saturated heterocycles. The summed E-state index contributed by atoms with van der Waals surface area (Å²) in [5.74, 6) is 0.629. The van der Waals surface area contributed by atoms with Gasteiger partial charge < -0.3 is 14.5 Å². The highest BCUT2D eigenvalue weighted by molar-refractivity contribution is 5.87. The first-order valence-corrected chi connectivity index (χ1v) is 6.05. The molecule has 0 aliphatic carbocycles. The molecule has 0 bridgehead atoms. The van der Waals surface area contributed by atoms with Crippen molar-refractivity contribution in [3.05, 3.63) is 29.7 Å². The second-order valence-electron chi connectivity index (χ2n) is 4.59. The van der Waals surface area contributed by atoms with Crippen molar-refractivity contribution in [2.24, 2.45) is 0 Å². The van der Waals surface area contributed by atoms with Crippen LogP contribution in [0.4, 0.5) is 4.39 Å². The molecule has 0 unspecified atom stereocenters. The number of aromatic nitrogens is 1. The van der Waals surface area contributed by atoms with Crippen molar-refractivity contribution in [1.82, 2.24) is 4.98 Å². The van der Waals surface area contributed by atoms with Crippen LogP contribution in [0, 0.1) is 5.82 Å². The van der Waals surface area contributed by atoms with Crippen LogP contribution in [0.1, 0.15) is 25.5 Å². The average molecular weight is 251 g/mol. The predicted molar refractivity (Wildman–Crippen MR) is 69.7 cm³/mol. The Morgan fingerprint density at radius 2 is 2.00 bits per heavy atom. The van der Waals surface area contributed by atoms with Crippen molar-refractivity contribution in [2.45, 2.75) is 19.8 Å². The number of hydrogen-bond donors (Lipinski definition) is 1. The zero-order chi connectivity index (χ0) is 13.1. The van der Waals surface area contributed by atoms with E-state index >= 15 is 0 Å². The summed E-state index contributed by atoms with van der Waals surface area (Å²) in [6.07, 6.45) is 0. The van der Waals surface area contributed by atoms with Crippen LogP contribution in [0.5, 0.6) is 5.75 Å². The molecular weight excluding hydrogens is 233 g/mol. The van der Waals surface area contributed by atoms with E-state index in [9.17, 15) is 4.39 Å². The number of methoxy groups -OCH3 is 1. The van der Waals surface area contributed by atoms with E-state index in [1.807, 2.05) is 6.07 Å². The molecule has 3 nitrogen and oxygen atoms in total. The molecule has 2 rings (SSSR count). The van der Waals surface area contributed by atoms with Crippen molar-refractivity contribution in [3.63, 3.8) is 0 Å². The van der Waals surface area contributed by atoms with Crippen molar-refractivity contribution >= 4 is 10.9 Å². The predicted octanol–water partition coefficient (Wildman–Crippen LogP) is 3.46. The van der Waals surface area contributed by atoms with Gasteiger partial charge in [0.05, 0.1) is 12.1 Å². The van der Waals surface area contributed by atoms with E-state index < -0.39 is 0 Å². The molecule has 0 fully saturated rings. The molecule has 0 spiro atoms. The second-order valence-corrected chi connectivity index (χ2v) is 4.59. The van der Waals surface area contributed by atoms with E-state index in [1.165, 1.54) is 12.1 Å². The van der Waals surface area contributed by atoms with Crippen LogP contribution < -0.4 is 4.74 Å². The van der Waals surface area contributed by atoms with E-state index in [1.54, 1.807) is 7.11 Å². The Hall–Kier alpha value is -1.55. The number of ether oxygens (including phenoxy) is 2. The Bertz CT molecular complexity index is 534. The molecule has 18 heavy (non-hydrogen) atoms. The molecule has 2 aromatic rings. The molecule has 0 amide bonds. The summed E-state index contributed by atoms with van der Waals surface area (Å²) in [6, 6.07) is 4.92. The van der Waals surface area contributed by atoms with Crippen LogP contribution >= 0.6 is 0 Å². The van der Waals surface area contributed by atoms with Crippen molar-refractivity contribution in [2.75, 3.05) is 20.3 Å². The summed E-state index contributed by atoms with van der Waals surface area (Å²) >= 11 is 0. The maximum absolute atomic E-state index is 13.5. The van der Waals surface area contributed by atoms with Crippen molar-refractivity contribution < 1.29 is 13.9 Å². The van der Waals surface area contributed by atoms with E-state index in [0.717, 1.165) is 16.6 Å². The minimum Gasteiger partial charge on any atom is -0.490 e. The molecule has 1 aromatic carbocycles. The Balaban J connectivity index is 2.37. The molecule has 98 valence electrons. The number of nitrogens with one attached hydrogen (secondary N) is 1. The van der Waals surface area contributed by atoms with E-state index in [0.29, 0.717) is 24.9 Å². The van der Waals surface area contributed by atoms with Crippen LogP contribution in [0.3, 0.4) is 0 Å². The van der Waals surface area contributed by atoms with Gasteiger partial charge in [-0.1, -0.05) is 13.8 Å². The number of rotatable bonds is 5. The first-order chi connectivity index (χ1) is 8.61. The van der Waals surface area contributed by atoms with Gasteiger partial charge in [0.15, 0.2) is 0 Å². The summed E-state index contributed by atoms with van der Waals surface area (Å²) in [5.41, 5.74) is 1.85. The average Bonchev–Trinajstić information content (AvgIpc) is 2.73. The van der Waals surface area contributed by atoms with E-state index in [-0.39, 0.29) is 5.82 Å². The minimum absolute atomic E-state index is 0.299. The highest BCUT2D eigenvalue weighted by Gasteiger charge is 2.11. The third-order valence-corrected chi connectivity index (χ3v) is 2.85. The van der Waals surface area contributed by atoms with E-state index in [2.05, 4.69) is 18.8 Å². The molecule has 4 heteroatoms. The van der Waals surface area contributed by atoms with Crippen molar-refractivity contribution in [1.29, 1.82) is 0 Å². The maximum atomic E-state index is 13.5. The fraction of sp³-hybridized carbons (Fsp3) is 0.429. The van der Waals surface area contributed by atoms with Crippen molar-refractivity contribution in [3.8, 4) is 5.75 Å². The first-order valence-electron chi connectivity index (χ1n) is 6.05.